The molecule has 1 aromatic heterocycles. The van der Waals surface area contributed by atoms with Crippen LogP contribution >= 0.6 is 15.9 Å². The normalized spacial score (nSPS) is 12.1. The summed E-state index contributed by atoms with van der Waals surface area (Å²) < 4.78 is 14.1. The number of nitrogens with zero attached hydrogens (tertiary/aromatic N) is 2. The van der Waals surface area contributed by atoms with Crippen molar-refractivity contribution in [2.75, 3.05) is 18.5 Å². The molecule has 0 aliphatic rings. The van der Waals surface area contributed by atoms with Gasteiger partial charge in [-0.25, -0.2) is 4.98 Å². The SMILES string of the molecule is CCOCCCn1c(NC(=O)C(C)Oc2ccc(Br)cc2)nc2ccccc21. The molecular weight excluding hydrogens is 422 g/mol. The van der Waals surface area contributed by atoms with Gasteiger partial charge in [0.1, 0.15) is 5.75 Å². The Labute approximate surface area is 173 Å². The van der Waals surface area contributed by atoms with Gasteiger partial charge in [0.25, 0.3) is 5.91 Å². The van der Waals surface area contributed by atoms with E-state index in [2.05, 4.69) is 26.2 Å². The Kier molecular flexibility index (Phi) is 7.06. The van der Waals surface area contributed by atoms with E-state index in [4.69, 9.17) is 9.47 Å². The molecule has 1 atom stereocenters. The lowest BCUT2D eigenvalue weighted by atomic mass is 10.3. The van der Waals surface area contributed by atoms with Crippen molar-refractivity contribution in [2.24, 2.45) is 0 Å². The van der Waals surface area contributed by atoms with E-state index in [0.29, 0.717) is 31.5 Å². The average molecular weight is 446 g/mol. The van der Waals surface area contributed by atoms with Gasteiger partial charge >= 0.3 is 0 Å². The summed E-state index contributed by atoms with van der Waals surface area (Å²) in [5.41, 5.74) is 1.83. The van der Waals surface area contributed by atoms with Crippen LogP contribution in [0.3, 0.4) is 0 Å². The molecule has 0 bridgehead atoms. The second-order valence-corrected chi connectivity index (χ2v) is 7.25. The summed E-state index contributed by atoms with van der Waals surface area (Å²) in [6.45, 7) is 5.77. The highest BCUT2D eigenvalue weighted by molar-refractivity contribution is 9.10. The predicted octanol–water partition coefficient (Wildman–Crippen LogP) is 4.63. The van der Waals surface area contributed by atoms with Gasteiger partial charge in [-0.05, 0) is 56.7 Å². The molecule has 0 saturated carbocycles. The fraction of sp³-hybridized carbons (Fsp3) is 0.333. The van der Waals surface area contributed by atoms with Gasteiger partial charge in [0.15, 0.2) is 6.10 Å². The molecule has 0 aliphatic carbocycles. The van der Waals surface area contributed by atoms with E-state index in [1.165, 1.54) is 0 Å². The highest BCUT2D eigenvalue weighted by Crippen LogP contribution is 2.21. The first-order valence-corrected chi connectivity index (χ1v) is 10.1. The molecule has 0 spiro atoms. The molecule has 28 heavy (non-hydrogen) atoms. The number of fused-ring (bicyclic) bond motifs is 1. The molecule has 1 N–H and O–H groups in total. The van der Waals surface area contributed by atoms with Crippen LogP contribution in [0.25, 0.3) is 11.0 Å². The first kappa shape index (κ1) is 20.4. The van der Waals surface area contributed by atoms with E-state index in [1.54, 1.807) is 6.92 Å². The van der Waals surface area contributed by atoms with Crippen molar-refractivity contribution in [3.63, 3.8) is 0 Å². The van der Waals surface area contributed by atoms with Crippen LogP contribution in [0.4, 0.5) is 5.95 Å². The van der Waals surface area contributed by atoms with Crippen molar-refractivity contribution in [3.8, 4) is 5.75 Å². The molecule has 1 unspecified atom stereocenters. The van der Waals surface area contributed by atoms with Gasteiger partial charge in [-0.2, -0.15) is 0 Å². The Morgan fingerprint density at radius 1 is 1.21 bits per heavy atom. The highest BCUT2D eigenvalue weighted by atomic mass is 79.9. The molecule has 0 saturated heterocycles. The van der Waals surface area contributed by atoms with Crippen molar-refractivity contribution in [2.45, 2.75) is 32.9 Å². The third-order valence-corrected chi connectivity index (χ3v) is 4.79. The number of anilines is 1. The number of rotatable bonds is 9. The highest BCUT2D eigenvalue weighted by Gasteiger charge is 2.19. The van der Waals surface area contributed by atoms with Gasteiger partial charge < -0.3 is 14.0 Å². The Hall–Kier alpha value is -2.38. The smallest absolute Gasteiger partial charge is 0.267 e. The second-order valence-electron chi connectivity index (χ2n) is 6.33. The molecule has 1 amide bonds. The van der Waals surface area contributed by atoms with Crippen molar-refractivity contribution < 1.29 is 14.3 Å². The number of para-hydroxylation sites is 2. The summed E-state index contributed by atoms with van der Waals surface area (Å²) in [7, 11) is 0. The zero-order valence-corrected chi connectivity index (χ0v) is 17.6. The molecule has 2 aromatic carbocycles. The van der Waals surface area contributed by atoms with E-state index in [-0.39, 0.29) is 5.91 Å². The Morgan fingerprint density at radius 3 is 2.71 bits per heavy atom. The minimum Gasteiger partial charge on any atom is -0.481 e. The predicted molar refractivity (Wildman–Crippen MR) is 114 cm³/mol. The maximum absolute atomic E-state index is 12.7. The van der Waals surface area contributed by atoms with Crippen LogP contribution in [0, 0.1) is 0 Å². The fourth-order valence-electron chi connectivity index (χ4n) is 2.85. The Morgan fingerprint density at radius 2 is 1.96 bits per heavy atom. The first-order chi connectivity index (χ1) is 13.6. The maximum atomic E-state index is 12.7. The molecular formula is C21H24BrN3O3. The molecule has 3 rings (SSSR count). The number of carbonyl (C=O) groups is 1. The Balaban J connectivity index is 1.72. The van der Waals surface area contributed by atoms with Gasteiger partial charge in [0, 0.05) is 24.2 Å². The monoisotopic (exact) mass is 445 g/mol. The zero-order valence-electron chi connectivity index (χ0n) is 16.0. The van der Waals surface area contributed by atoms with Gasteiger partial charge in [-0.15, -0.1) is 0 Å². The summed E-state index contributed by atoms with van der Waals surface area (Å²) in [5.74, 6) is 0.911. The molecule has 3 aromatic rings. The number of carbonyl (C=O) groups excluding carboxylic acids is 1. The van der Waals surface area contributed by atoms with Crippen LogP contribution in [-0.2, 0) is 16.1 Å². The summed E-state index contributed by atoms with van der Waals surface area (Å²) in [5, 5.41) is 2.91. The van der Waals surface area contributed by atoms with Gasteiger partial charge in [0.2, 0.25) is 5.95 Å². The maximum Gasteiger partial charge on any atom is 0.267 e. The van der Waals surface area contributed by atoms with Gasteiger partial charge in [0.05, 0.1) is 11.0 Å². The fourth-order valence-corrected chi connectivity index (χ4v) is 3.11. The number of amides is 1. The third-order valence-electron chi connectivity index (χ3n) is 4.26. The van der Waals surface area contributed by atoms with Gasteiger partial charge in [-0.1, -0.05) is 28.1 Å². The van der Waals surface area contributed by atoms with Crippen LogP contribution < -0.4 is 10.1 Å². The Bertz CT molecular complexity index is 924. The van der Waals surface area contributed by atoms with Gasteiger partial charge in [-0.3, -0.25) is 10.1 Å². The van der Waals surface area contributed by atoms with Crippen LogP contribution in [0.2, 0.25) is 0 Å². The number of hydrogen-bond acceptors (Lipinski definition) is 4. The van der Waals surface area contributed by atoms with Crippen molar-refractivity contribution in [1.29, 1.82) is 0 Å². The largest absolute Gasteiger partial charge is 0.481 e. The molecule has 7 heteroatoms. The molecule has 1 heterocycles. The molecule has 6 nitrogen and oxygen atoms in total. The van der Waals surface area contributed by atoms with Crippen LogP contribution in [0.5, 0.6) is 5.75 Å². The van der Waals surface area contributed by atoms with Crippen molar-refractivity contribution in [1.82, 2.24) is 9.55 Å². The van der Waals surface area contributed by atoms with Crippen LogP contribution in [0.15, 0.2) is 53.0 Å². The summed E-state index contributed by atoms with van der Waals surface area (Å²) in [6.07, 6.45) is 0.181. The first-order valence-electron chi connectivity index (χ1n) is 9.34. The minimum absolute atomic E-state index is 0.246. The summed E-state index contributed by atoms with van der Waals surface area (Å²) in [4.78, 5) is 17.2. The summed E-state index contributed by atoms with van der Waals surface area (Å²) >= 11 is 3.39. The third kappa shape index (κ3) is 5.11. The number of benzene rings is 2. The second kappa shape index (κ2) is 9.71. The summed E-state index contributed by atoms with van der Waals surface area (Å²) in [6, 6.07) is 15.2. The standard InChI is InChI=1S/C21H24BrN3O3/c1-3-27-14-6-13-25-19-8-5-4-7-18(19)23-21(25)24-20(26)15(2)28-17-11-9-16(22)10-12-17/h4-5,7-12,15H,3,6,13-14H2,1-2H3,(H,23,24,26). The number of nitrogens with one attached hydrogen (secondary N) is 1. The quantitative estimate of drug-likeness (QED) is 0.487. The van der Waals surface area contributed by atoms with E-state index < -0.39 is 6.10 Å². The number of halogens is 1. The lowest BCUT2D eigenvalue weighted by molar-refractivity contribution is -0.122. The van der Waals surface area contributed by atoms with Crippen LogP contribution in [-0.4, -0.2) is 34.8 Å². The number of ether oxygens (including phenoxy) is 2. The van der Waals surface area contributed by atoms with Crippen LogP contribution in [0.1, 0.15) is 20.3 Å². The number of aryl methyl sites for hydroxylation is 1. The van der Waals surface area contributed by atoms with E-state index >= 15 is 0 Å². The van der Waals surface area contributed by atoms with Crippen molar-refractivity contribution >= 4 is 38.8 Å². The lowest BCUT2D eigenvalue weighted by Gasteiger charge is -2.15. The number of imidazole rings is 1. The van der Waals surface area contributed by atoms with Crippen molar-refractivity contribution in [3.05, 3.63) is 53.0 Å². The van der Waals surface area contributed by atoms with E-state index in [1.807, 2.05) is 60.0 Å². The minimum atomic E-state index is -0.655. The number of aromatic nitrogens is 2. The lowest BCUT2D eigenvalue weighted by Crippen LogP contribution is -2.31. The average Bonchev–Trinajstić information content (AvgIpc) is 3.04. The van der Waals surface area contributed by atoms with E-state index in [9.17, 15) is 4.79 Å². The number of hydrogen-bond donors (Lipinski definition) is 1. The topological polar surface area (TPSA) is 65.4 Å². The van der Waals surface area contributed by atoms with E-state index in [0.717, 1.165) is 21.9 Å². The molecule has 0 aliphatic heterocycles. The molecule has 148 valence electrons. The molecule has 0 radical (unpaired) electrons. The molecule has 0 fully saturated rings. The zero-order chi connectivity index (χ0) is 19.9.